The molecule has 142 valence electrons. The highest BCUT2D eigenvalue weighted by Crippen LogP contribution is 2.16. The van der Waals surface area contributed by atoms with Gasteiger partial charge in [0.25, 0.3) is 0 Å². The van der Waals surface area contributed by atoms with Crippen molar-refractivity contribution in [1.29, 1.82) is 0 Å². The predicted molar refractivity (Wildman–Crippen MR) is 105 cm³/mol. The minimum Gasteiger partial charge on any atom is -0.475 e. The van der Waals surface area contributed by atoms with E-state index in [4.69, 9.17) is 9.47 Å². The Morgan fingerprint density at radius 1 is 1.23 bits per heavy atom. The van der Waals surface area contributed by atoms with Gasteiger partial charge in [0, 0.05) is 30.8 Å². The van der Waals surface area contributed by atoms with Crippen molar-refractivity contribution in [3.63, 3.8) is 0 Å². The first kappa shape index (κ1) is 20.1. The van der Waals surface area contributed by atoms with Crippen molar-refractivity contribution in [2.24, 2.45) is 4.99 Å². The van der Waals surface area contributed by atoms with E-state index in [9.17, 15) is 0 Å². The average molecular weight is 378 g/mol. The van der Waals surface area contributed by atoms with Gasteiger partial charge in [-0.25, -0.2) is 15.0 Å². The number of hydrogen-bond acceptors (Lipinski definition) is 6. The lowest BCUT2D eigenvalue weighted by molar-refractivity contribution is 0.143. The second-order valence-electron chi connectivity index (χ2n) is 5.64. The molecule has 2 aromatic rings. The molecule has 26 heavy (non-hydrogen) atoms. The molecule has 7 nitrogen and oxygen atoms in total. The molecule has 2 heterocycles. The number of nitrogens with zero attached hydrogens (tertiary/aromatic N) is 3. The van der Waals surface area contributed by atoms with E-state index >= 15 is 0 Å². The van der Waals surface area contributed by atoms with Crippen LogP contribution in [0.25, 0.3) is 0 Å². The van der Waals surface area contributed by atoms with Crippen LogP contribution >= 0.6 is 11.3 Å². The highest BCUT2D eigenvalue weighted by Gasteiger charge is 2.05. The largest absolute Gasteiger partial charge is 0.475 e. The second-order valence-corrected chi connectivity index (χ2v) is 6.93. The average Bonchev–Trinajstić information content (AvgIpc) is 2.96. The number of hydrogen-bond donors (Lipinski definition) is 2. The number of methoxy groups -OCH3 is 1. The summed E-state index contributed by atoms with van der Waals surface area (Å²) in [6.45, 7) is 9.20. The van der Waals surface area contributed by atoms with Gasteiger partial charge < -0.3 is 20.1 Å². The van der Waals surface area contributed by atoms with E-state index in [0.717, 1.165) is 28.8 Å². The van der Waals surface area contributed by atoms with Gasteiger partial charge in [-0.3, -0.25) is 0 Å². The van der Waals surface area contributed by atoms with E-state index in [1.807, 2.05) is 26.0 Å². The van der Waals surface area contributed by atoms with Crippen LogP contribution in [0.15, 0.2) is 23.3 Å². The summed E-state index contributed by atoms with van der Waals surface area (Å²) in [7, 11) is 1.64. The summed E-state index contributed by atoms with van der Waals surface area (Å²) in [6.07, 6.45) is 1.78. The summed E-state index contributed by atoms with van der Waals surface area (Å²) < 4.78 is 10.4. The maximum Gasteiger partial charge on any atom is 0.213 e. The van der Waals surface area contributed by atoms with Gasteiger partial charge in [-0.05, 0) is 26.3 Å². The molecule has 0 aliphatic heterocycles. The van der Waals surface area contributed by atoms with E-state index in [0.29, 0.717) is 32.2 Å². The van der Waals surface area contributed by atoms with Gasteiger partial charge in [-0.2, -0.15) is 0 Å². The number of aryl methyl sites for hydroxylation is 2. The van der Waals surface area contributed by atoms with Crippen LogP contribution in [0.3, 0.4) is 0 Å². The quantitative estimate of drug-likeness (QED) is 0.397. The fraction of sp³-hybridized carbons (Fsp3) is 0.500. The number of rotatable bonds is 9. The van der Waals surface area contributed by atoms with Gasteiger partial charge in [0.1, 0.15) is 11.6 Å². The number of guanidine groups is 1. The lowest BCUT2D eigenvalue weighted by atomic mass is 10.3. The van der Waals surface area contributed by atoms with Crippen molar-refractivity contribution < 1.29 is 9.47 Å². The minimum atomic E-state index is 0.491. The van der Waals surface area contributed by atoms with Gasteiger partial charge >= 0.3 is 0 Å². The molecule has 0 spiro atoms. The van der Waals surface area contributed by atoms with Gasteiger partial charge in [0.05, 0.1) is 25.4 Å². The van der Waals surface area contributed by atoms with Gasteiger partial charge in [0.2, 0.25) is 5.88 Å². The summed E-state index contributed by atoms with van der Waals surface area (Å²) in [5, 5.41) is 7.63. The first-order valence-corrected chi connectivity index (χ1v) is 9.45. The standard InChI is InChI=1S/C18H27N5O2S/c1-5-19-18(22-12-17-23-13(2)14(3)26-17)21-11-15-6-7-16(20-10-15)25-9-8-24-4/h6-7,10H,5,8-9,11-12H2,1-4H3,(H2,19,21,22). The van der Waals surface area contributed by atoms with Crippen molar-refractivity contribution in [2.45, 2.75) is 33.9 Å². The highest BCUT2D eigenvalue weighted by atomic mass is 32.1. The fourth-order valence-corrected chi connectivity index (χ4v) is 2.98. The Bertz CT molecular complexity index is 681. The zero-order valence-electron chi connectivity index (χ0n) is 15.8. The Labute approximate surface area is 158 Å². The van der Waals surface area contributed by atoms with Crippen LogP contribution in [0, 0.1) is 13.8 Å². The van der Waals surface area contributed by atoms with Crippen LogP contribution in [0.4, 0.5) is 0 Å². The zero-order valence-corrected chi connectivity index (χ0v) is 16.7. The minimum absolute atomic E-state index is 0.491. The maximum absolute atomic E-state index is 5.46. The number of thiazole rings is 1. The number of pyridine rings is 1. The molecule has 0 aromatic carbocycles. The van der Waals surface area contributed by atoms with Crippen LogP contribution in [0.2, 0.25) is 0 Å². The molecule has 2 N–H and O–H groups in total. The molecule has 0 fully saturated rings. The van der Waals surface area contributed by atoms with Crippen molar-refractivity contribution >= 4 is 17.3 Å². The van der Waals surface area contributed by atoms with Crippen molar-refractivity contribution in [2.75, 3.05) is 26.9 Å². The SMILES string of the molecule is CCNC(=NCc1ccc(OCCOC)nc1)NCc1nc(C)c(C)s1. The van der Waals surface area contributed by atoms with Crippen LogP contribution in [0.1, 0.15) is 28.1 Å². The molecule has 2 aromatic heterocycles. The topological polar surface area (TPSA) is 80.7 Å². The molecular weight excluding hydrogens is 350 g/mol. The van der Waals surface area contributed by atoms with Crippen LogP contribution < -0.4 is 15.4 Å². The lowest BCUT2D eigenvalue weighted by Gasteiger charge is -2.10. The third-order valence-corrected chi connectivity index (χ3v) is 4.65. The maximum atomic E-state index is 5.46. The number of ether oxygens (including phenoxy) is 2. The first-order valence-electron chi connectivity index (χ1n) is 8.64. The van der Waals surface area contributed by atoms with Crippen LogP contribution in [-0.4, -0.2) is 42.8 Å². The molecule has 2 rings (SSSR count). The number of nitrogens with one attached hydrogen (secondary N) is 2. The van der Waals surface area contributed by atoms with Gasteiger partial charge in [0.15, 0.2) is 5.96 Å². The van der Waals surface area contributed by atoms with E-state index in [2.05, 4.69) is 32.5 Å². The lowest BCUT2D eigenvalue weighted by Crippen LogP contribution is -2.36. The van der Waals surface area contributed by atoms with E-state index < -0.39 is 0 Å². The molecular formula is C18H27N5O2S. The molecule has 8 heteroatoms. The Balaban J connectivity index is 1.89. The summed E-state index contributed by atoms with van der Waals surface area (Å²) in [4.78, 5) is 14.7. The van der Waals surface area contributed by atoms with E-state index in [-0.39, 0.29) is 0 Å². The van der Waals surface area contributed by atoms with Gasteiger partial charge in [-0.1, -0.05) is 6.07 Å². The summed E-state index contributed by atoms with van der Waals surface area (Å²) >= 11 is 1.71. The van der Waals surface area contributed by atoms with Crippen molar-refractivity contribution in [3.8, 4) is 5.88 Å². The molecule has 0 atom stereocenters. The van der Waals surface area contributed by atoms with Crippen molar-refractivity contribution in [1.82, 2.24) is 20.6 Å². The Morgan fingerprint density at radius 2 is 2.08 bits per heavy atom. The van der Waals surface area contributed by atoms with Crippen LogP contribution in [-0.2, 0) is 17.8 Å². The molecule has 0 aliphatic carbocycles. The van der Waals surface area contributed by atoms with Crippen molar-refractivity contribution in [3.05, 3.63) is 39.5 Å². The molecule has 0 unspecified atom stereocenters. The molecule has 0 saturated carbocycles. The molecule has 0 amide bonds. The smallest absolute Gasteiger partial charge is 0.213 e. The number of aliphatic imine (C=N–C) groups is 1. The summed E-state index contributed by atoms with van der Waals surface area (Å²) in [6, 6.07) is 3.82. The third kappa shape index (κ3) is 6.61. The fourth-order valence-electron chi connectivity index (χ4n) is 2.11. The third-order valence-electron chi connectivity index (χ3n) is 3.58. The Kier molecular flexibility index (Phi) is 8.30. The van der Waals surface area contributed by atoms with E-state index in [1.54, 1.807) is 24.6 Å². The molecule has 0 aliphatic rings. The molecule has 0 radical (unpaired) electrons. The predicted octanol–water partition coefficient (Wildman–Crippen LogP) is 2.44. The first-order chi connectivity index (χ1) is 12.6. The monoisotopic (exact) mass is 377 g/mol. The Hall–Kier alpha value is -2.19. The highest BCUT2D eigenvalue weighted by molar-refractivity contribution is 7.11. The van der Waals surface area contributed by atoms with Crippen LogP contribution in [0.5, 0.6) is 5.88 Å². The van der Waals surface area contributed by atoms with Gasteiger partial charge in [-0.15, -0.1) is 11.3 Å². The Morgan fingerprint density at radius 3 is 2.69 bits per heavy atom. The summed E-state index contributed by atoms with van der Waals surface area (Å²) in [5.74, 6) is 1.35. The second kappa shape index (κ2) is 10.7. The zero-order chi connectivity index (χ0) is 18.8. The summed E-state index contributed by atoms with van der Waals surface area (Å²) in [5.41, 5.74) is 2.11. The number of aromatic nitrogens is 2. The normalized spacial score (nSPS) is 11.5. The van der Waals surface area contributed by atoms with E-state index in [1.165, 1.54) is 4.88 Å². The molecule has 0 bridgehead atoms. The molecule has 0 saturated heterocycles.